The SMILES string of the molecule is Cc1ccc(Cl)c(Oc2ccc(C)cc2C(=N)N)c1. The molecule has 19 heavy (non-hydrogen) atoms. The smallest absolute Gasteiger partial charge is 0.146 e. The molecule has 3 nitrogen and oxygen atoms in total. The first-order valence-electron chi connectivity index (χ1n) is 5.86. The van der Waals surface area contributed by atoms with Gasteiger partial charge in [-0.05, 0) is 43.7 Å². The molecular weight excluding hydrogens is 260 g/mol. The van der Waals surface area contributed by atoms with Gasteiger partial charge in [0.25, 0.3) is 0 Å². The van der Waals surface area contributed by atoms with Crippen LogP contribution < -0.4 is 10.5 Å². The highest BCUT2D eigenvalue weighted by atomic mass is 35.5. The number of ether oxygens (including phenoxy) is 1. The highest BCUT2D eigenvalue weighted by Crippen LogP contribution is 2.32. The molecule has 2 rings (SSSR count). The predicted molar refractivity (Wildman–Crippen MR) is 78.5 cm³/mol. The van der Waals surface area contributed by atoms with E-state index < -0.39 is 0 Å². The molecule has 0 unspecified atom stereocenters. The lowest BCUT2D eigenvalue weighted by molar-refractivity contribution is 0.481. The van der Waals surface area contributed by atoms with Crippen molar-refractivity contribution in [3.8, 4) is 11.5 Å². The number of rotatable bonds is 3. The average Bonchev–Trinajstić information content (AvgIpc) is 2.35. The monoisotopic (exact) mass is 274 g/mol. The fraction of sp³-hybridized carbons (Fsp3) is 0.133. The first-order chi connectivity index (χ1) is 8.97. The summed E-state index contributed by atoms with van der Waals surface area (Å²) < 4.78 is 5.78. The van der Waals surface area contributed by atoms with Crippen LogP contribution in [-0.4, -0.2) is 5.84 Å². The summed E-state index contributed by atoms with van der Waals surface area (Å²) in [5.41, 5.74) is 8.22. The van der Waals surface area contributed by atoms with Gasteiger partial charge >= 0.3 is 0 Å². The number of benzene rings is 2. The molecule has 0 amide bonds. The summed E-state index contributed by atoms with van der Waals surface area (Å²) in [4.78, 5) is 0. The van der Waals surface area contributed by atoms with Gasteiger partial charge in [0.2, 0.25) is 0 Å². The van der Waals surface area contributed by atoms with Gasteiger partial charge < -0.3 is 10.5 Å². The Balaban J connectivity index is 2.43. The Hall–Kier alpha value is -2.00. The molecule has 0 bridgehead atoms. The van der Waals surface area contributed by atoms with E-state index in [-0.39, 0.29) is 5.84 Å². The summed E-state index contributed by atoms with van der Waals surface area (Å²) in [7, 11) is 0. The molecule has 4 heteroatoms. The standard InChI is InChI=1S/C15H15ClN2O/c1-9-4-6-13(11(7-9)15(17)18)19-14-8-10(2)3-5-12(14)16/h3-8H,1-2H3,(H3,17,18). The van der Waals surface area contributed by atoms with Gasteiger partial charge in [-0.25, -0.2) is 0 Å². The van der Waals surface area contributed by atoms with Gasteiger partial charge in [-0.15, -0.1) is 0 Å². The molecule has 0 radical (unpaired) electrons. The summed E-state index contributed by atoms with van der Waals surface area (Å²) in [5.74, 6) is 1.07. The second-order valence-electron chi connectivity index (χ2n) is 4.45. The highest BCUT2D eigenvalue weighted by molar-refractivity contribution is 6.32. The maximum Gasteiger partial charge on any atom is 0.146 e. The predicted octanol–water partition coefficient (Wildman–Crippen LogP) is 4.03. The van der Waals surface area contributed by atoms with Gasteiger partial charge in [-0.1, -0.05) is 29.3 Å². The number of nitrogen functional groups attached to an aromatic ring is 1. The molecule has 0 aliphatic carbocycles. The molecular formula is C15H15ClN2O. The first-order valence-corrected chi connectivity index (χ1v) is 6.24. The van der Waals surface area contributed by atoms with Crippen molar-refractivity contribution in [3.63, 3.8) is 0 Å². The lowest BCUT2D eigenvalue weighted by atomic mass is 10.1. The Labute approximate surface area is 117 Å². The van der Waals surface area contributed by atoms with E-state index in [2.05, 4.69) is 0 Å². The number of halogens is 1. The van der Waals surface area contributed by atoms with E-state index in [4.69, 9.17) is 27.5 Å². The van der Waals surface area contributed by atoms with Crippen molar-refractivity contribution in [2.45, 2.75) is 13.8 Å². The molecule has 0 aliphatic heterocycles. The van der Waals surface area contributed by atoms with Gasteiger partial charge in [0.15, 0.2) is 0 Å². The Morgan fingerprint density at radius 3 is 2.37 bits per heavy atom. The van der Waals surface area contributed by atoms with Crippen molar-refractivity contribution < 1.29 is 4.74 Å². The van der Waals surface area contributed by atoms with E-state index >= 15 is 0 Å². The quantitative estimate of drug-likeness (QED) is 0.656. The summed E-state index contributed by atoms with van der Waals surface area (Å²) in [6.07, 6.45) is 0. The lowest BCUT2D eigenvalue weighted by Gasteiger charge is -2.12. The zero-order valence-electron chi connectivity index (χ0n) is 10.8. The number of hydrogen-bond donors (Lipinski definition) is 2. The Morgan fingerprint density at radius 2 is 1.68 bits per heavy atom. The van der Waals surface area contributed by atoms with Crippen molar-refractivity contribution >= 4 is 17.4 Å². The minimum absolute atomic E-state index is 0.0255. The molecule has 2 aromatic rings. The van der Waals surface area contributed by atoms with Crippen LogP contribution in [0, 0.1) is 19.3 Å². The van der Waals surface area contributed by atoms with E-state index in [0.717, 1.165) is 11.1 Å². The number of nitrogens with two attached hydrogens (primary N) is 1. The third-order valence-electron chi connectivity index (χ3n) is 2.73. The fourth-order valence-electron chi connectivity index (χ4n) is 1.75. The van der Waals surface area contributed by atoms with E-state index in [9.17, 15) is 0 Å². The number of hydrogen-bond acceptors (Lipinski definition) is 2. The molecule has 0 saturated carbocycles. The molecule has 98 valence electrons. The average molecular weight is 275 g/mol. The van der Waals surface area contributed by atoms with Gasteiger partial charge in [0, 0.05) is 0 Å². The van der Waals surface area contributed by atoms with Crippen LogP contribution in [-0.2, 0) is 0 Å². The molecule has 0 aliphatic rings. The lowest BCUT2D eigenvalue weighted by Crippen LogP contribution is -2.12. The van der Waals surface area contributed by atoms with Crippen LogP contribution in [0.4, 0.5) is 0 Å². The second-order valence-corrected chi connectivity index (χ2v) is 4.86. The molecule has 3 N–H and O–H groups in total. The van der Waals surface area contributed by atoms with Crippen LogP contribution in [0.15, 0.2) is 36.4 Å². The van der Waals surface area contributed by atoms with Crippen LogP contribution in [0.2, 0.25) is 5.02 Å². The molecule has 2 aromatic carbocycles. The maximum atomic E-state index is 7.60. The molecule has 0 heterocycles. The van der Waals surface area contributed by atoms with Gasteiger partial charge in [-0.3, -0.25) is 5.41 Å². The Kier molecular flexibility index (Phi) is 3.76. The highest BCUT2D eigenvalue weighted by Gasteiger charge is 2.10. The van der Waals surface area contributed by atoms with Crippen LogP contribution in [0.5, 0.6) is 11.5 Å². The van der Waals surface area contributed by atoms with E-state index in [0.29, 0.717) is 22.1 Å². The zero-order chi connectivity index (χ0) is 14.0. The van der Waals surface area contributed by atoms with Crippen LogP contribution in [0.1, 0.15) is 16.7 Å². The first kappa shape index (κ1) is 13.4. The molecule has 0 atom stereocenters. The van der Waals surface area contributed by atoms with Crippen LogP contribution >= 0.6 is 11.6 Å². The molecule has 0 saturated heterocycles. The Bertz CT molecular complexity index is 638. The number of aryl methyl sites for hydroxylation is 2. The van der Waals surface area contributed by atoms with E-state index in [1.54, 1.807) is 12.1 Å². The minimum Gasteiger partial charge on any atom is -0.455 e. The molecule has 0 spiro atoms. The van der Waals surface area contributed by atoms with Gasteiger partial charge in [-0.2, -0.15) is 0 Å². The van der Waals surface area contributed by atoms with E-state index in [1.165, 1.54) is 0 Å². The van der Waals surface area contributed by atoms with Crippen molar-refractivity contribution in [1.29, 1.82) is 5.41 Å². The molecule has 0 fully saturated rings. The van der Waals surface area contributed by atoms with Crippen LogP contribution in [0.3, 0.4) is 0 Å². The summed E-state index contributed by atoms with van der Waals surface area (Å²) in [5, 5.41) is 8.13. The number of nitrogens with one attached hydrogen (secondary N) is 1. The van der Waals surface area contributed by atoms with Crippen LogP contribution in [0.25, 0.3) is 0 Å². The van der Waals surface area contributed by atoms with E-state index in [1.807, 2.05) is 38.1 Å². The second kappa shape index (κ2) is 5.33. The van der Waals surface area contributed by atoms with Gasteiger partial charge in [0.05, 0.1) is 10.6 Å². The third-order valence-corrected chi connectivity index (χ3v) is 3.04. The maximum absolute atomic E-state index is 7.60. The third kappa shape index (κ3) is 3.06. The Morgan fingerprint density at radius 1 is 1.05 bits per heavy atom. The van der Waals surface area contributed by atoms with Gasteiger partial charge in [0.1, 0.15) is 17.3 Å². The topological polar surface area (TPSA) is 59.1 Å². The normalized spacial score (nSPS) is 10.3. The minimum atomic E-state index is -0.0255. The zero-order valence-corrected chi connectivity index (χ0v) is 11.6. The van der Waals surface area contributed by atoms with Crippen molar-refractivity contribution in [1.82, 2.24) is 0 Å². The van der Waals surface area contributed by atoms with Crippen molar-refractivity contribution in [3.05, 3.63) is 58.1 Å². The summed E-state index contributed by atoms with van der Waals surface area (Å²) in [6, 6.07) is 11.1. The summed E-state index contributed by atoms with van der Waals surface area (Å²) in [6.45, 7) is 3.90. The fourth-order valence-corrected chi connectivity index (χ4v) is 1.91. The largest absolute Gasteiger partial charge is 0.455 e. The number of amidine groups is 1. The van der Waals surface area contributed by atoms with Crippen molar-refractivity contribution in [2.75, 3.05) is 0 Å². The van der Waals surface area contributed by atoms with Crippen molar-refractivity contribution in [2.24, 2.45) is 5.73 Å². The summed E-state index contributed by atoms with van der Waals surface area (Å²) >= 11 is 6.10. The molecule has 0 aromatic heterocycles.